The van der Waals surface area contributed by atoms with E-state index in [1.165, 1.54) is 11.1 Å². The summed E-state index contributed by atoms with van der Waals surface area (Å²) in [5.41, 5.74) is 5.30. The first-order valence-electron chi connectivity index (χ1n) is 4.89. The van der Waals surface area contributed by atoms with Crippen LogP contribution in [0.15, 0.2) is 12.4 Å². The Kier molecular flexibility index (Phi) is 2.26. The Morgan fingerprint density at radius 1 is 1.07 bits per heavy atom. The molecule has 0 N–H and O–H groups in total. The van der Waals surface area contributed by atoms with Crippen LogP contribution in [0.4, 0.5) is 0 Å². The molecule has 4 nitrogen and oxygen atoms in total. The average molecular weight is 202 g/mol. The fraction of sp³-hybridized carbons (Fsp3) is 0.364. The molecule has 4 heteroatoms. The van der Waals surface area contributed by atoms with Crippen LogP contribution < -0.4 is 0 Å². The molecule has 15 heavy (non-hydrogen) atoms. The van der Waals surface area contributed by atoms with Gasteiger partial charge in [-0.2, -0.15) is 10.2 Å². The van der Waals surface area contributed by atoms with Crippen molar-refractivity contribution in [3.05, 3.63) is 29.2 Å². The van der Waals surface area contributed by atoms with E-state index in [2.05, 4.69) is 29.1 Å². The smallest absolute Gasteiger partial charge is 0.0993 e. The fourth-order valence-corrected chi connectivity index (χ4v) is 1.54. The van der Waals surface area contributed by atoms with Crippen LogP contribution in [-0.2, 0) is 7.05 Å². The van der Waals surface area contributed by atoms with Crippen molar-refractivity contribution in [1.82, 2.24) is 20.0 Å². The van der Waals surface area contributed by atoms with E-state index in [1.54, 1.807) is 4.68 Å². The molecule has 0 aromatic carbocycles. The van der Waals surface area contributed by atoms with E-state index >= 15 is 0 Å². The molecule has 0 aliphatic heterocycles. The fourth-order valence-electron chi connectivity index (χ4n) is 1.54. The van der Waals surface area contributed by atoms with Crippen LogP contribution in [0.2, 0.25) is 0 Å². The van der Waals surface area contributed by atoms with Gasteiger partial charge in [0.15, 0.2) is 0 Å². The summed E-state index contributed by atoms with van der Waals surface area (Å²) in [5.74, 6) is 0. The Bertz CT molecular complexity index is 499. The Hall–Kier alpha value is -1.71. The van der Waals surface area contributed by atoms with E-state index in [1.807, 2.05) is 26.4 Å². The summed E-state index contributed by atoms with van der Waals surface area (Å²) in [6.07, 6.45) is 3.76. The zero-order valence-corrected chi connectivity index (χ0v) is 9.44. The highest BCUT2D eigenvalue weighted by molar-refractivity contribution is 5.62. The van der Waals surface area contributed by atoms with E-state index < -0.39 is 0 Å². The minimum absolute atomic E-state index is 0.922. The highest BCUT2D eigenvalue weighted by Crippen LogP contribution is 2.22. The first-order chi connectivity index (χ1) is 7.09. The highest BCUT2D eigenvalue weighted by atomic mass is 15.2. The summed E-state index contributed by atoms with van der Waals surface area (Å²) in [6, 6.07) is 0. The zero-order valence-electron chi connectivity index (χ0n) is 9.44. The number of aromatic nitrogens is 4. The predicted molar refractivity (Wildman–Crippen MR) is 58.4 cm³/mol. The standard InChI is InChI=1S/C11H14N4/c1-7-8(2)11(14-13-9(7)3)10-5-12-15(4)6-10/h5-6H,1-4H3. The van der Waals surface area contributed by atoms with Crippen LogP contribution in [0.3, 0.4) is 0 Å². The van der Waals surface area contributed by atoms with E-state index in [0.717, 1.165) is 17.0 Å². The van der Waals surface area contributed by atoms with Gasteiger partial charge in [-0.15, -0.1) is 5.10 Å². The average Bonchev–Trinajstić information content (AvgIpc) is 2.61. The summed E-state index contributed by atoms with van der Waals surface area (Å²) in [7, 11) is 1.90. The Morgan fingerprint density at radius 3 is 2.40 bits per heavy atom. The maximum absolute atomic E-state index is 4.22. The van der Waals surface area contributed by atoms with Crippen molar-refractivity contribution < 1.29 is 0 Å². The number of rotatable bonds is 1. The quantitative estimate of drug-likeness (QED) is 0.708. The van der Waals surface area contributed by atoms with Gasteiger partial charge in [0.2, 0.25) is 0 Å². The molecule has 0 amide bonds. The molecule has 0 radical (unpaired) electrons. The number of hydrogen-bond acceptors (Lipinski definition) is 3. The van der Waals surface area contributed by atoms with E-state index in [0.29, 0.717) is 0 Å². The van der Waals surface area contributed by atoms with Gasteiger partial charge < -0.3 is 0 Å². The Balaban J connectivity index is 2.59. The molecule has 0 bridgehead atoms. The second kappa shape index (κ2) is 3.46. The zero-order chi connectivity index (χ0) is 11.0. The molecule has 2 aromatic rings. The van der Waals surface area contributed by atoms with Crippen molar-refractivity contribution in [3.8, 4) is 11.3 Å². The molecular formula is C11H14N4. The summed E-state index contributed by atoms with van der Waals surface area (Å²) >= 11 is 0. The lowest BCUT2D eigenvalue weighted by Gasteiger charge is -2.06. The molecule has 0 unspecified atom stereocenters. The van der Waals surface area contributed by atoms with Crippen molar-refractivity contribution in [3.63, 3.8) is 0 Å². The van der Waals surface area contributed by atoms with Crippen LogP contribution in [0.25, 0.3) is 11.3 Å². The molecule has 0 saturated carbocycles. The van der Waals surface area contributed by atoms with Crippen molar-refractivity contribution in [2.45, 2.75) is 20.8 Å². The van der Waals surface area contributed by atoms with Crippen LogP contribution in [0.5, 0.6) is 0 Å². The van der Waals surface area contributed by atoms with Gasteiger partial charge in [-0.3, -0.25) is 4.68 Å². The van der Waals surface area contributed by atoms with E-state index in [9.17, 15) is 0 Å². The third-order valence-electron chi connectivity index (χ3n) is 2.74. The van der Waals surface area contributed by atoms with Gasteiger partial charge in [-0.1, -0.05) is 0 Å². The lowest BCUT2D eigenvalue weighted by Crippen LogP contribution is -1.98. The van der Waals surface area contributed by atoms with Gasteiger partial charge in [-0.25, -0.2) is 0 Å². The van der Waals surface area contributed by atoms with Gasteiger partial charge in [0.05, 0.1) is 17.6 Å². The van der Waals surface area contributed by atoms with Crippen LogP contribution >= 0.6 is 0 Å². The second-order valence-electron chi connectivity index (χ2n) is 3.79. The maximum Gasteiger partial charge on any atom is 0.0993 e. The number of aryl methyl sites for hydroxylation is 2. The molecule has 0 saturated heterocycles. The first-order valence-corrected chi connectivity index (χ1v) is 4.89. The van der Waals surface area contributed by atoms with Crippen molar-refractivity contribution in [1.29, 1.82) is 0 Å². The highest BCUT2D eigenvalue weighted by Gasteiger charge is 2.10. The van der Waals surface area contributed by atoms with Gasteiger partial charge in [0.25, 0.3) is 0 Å². The summed E-state index contributed by atoms with van der Waals surface area (Å²) < 4.78 is 1.77. The predicted octanol–water partition coefficient (Wildman–Crippen LogP) is 1.80. The van der Waals surface area contributed by atoms with Gasteiger partial charge in [0.1, 0.15) is 0 Å². The molecule has 0 atom stereocenters. The third kappa shape index (κ3) is 1.63. The van der Waals surface area contributed by atoms with Crippen LogP contribution in [0.1, 0.15) is 16.8 Å². The molecule has 0 aliphatic rings. The van der Waals surface area contributed by atoms with Gasteiger partial charge >= 0.3 is 0 Å². The molecule has 2 aromatic heterocycles. The summed E-state index contributed by atoms with van der Waals surface area (Å²) in [6.45, 7) is 6.11. The molecule has 2 rings (SSSR count). The Labute approximate surface area is 89.0 Å². The number of nitrogens with zero attached hydrogens (tertiary/aromatic N) is 4. The number of hydrogen-bond donors (Lipinski definition) is 0. The van der Waals surface area contributed by atoms with Crippen molar-refractivity contribution in [2.75, 3.05) is 0 Å². The van der Waals surface area contributed by atoms with Crippen molar-refractivity contribution in [2.24, 2.45) is 7.05 Å². The van der Waals surface area contributed by atoms with Gasteiger partial charge in [-0.05, 0) is 31.9 Å². The molecular weight excluding hydrogens is 188 g/mol. The second-order valence-corrected chi connectivity index (χ2v) is 3.79. The molecule has 0 spiro atoms. The third-order valence-corrected chi connectivity index (χ3v) is 2.74. The molecule has 2 heterocycles. The van der Waals surface area contributed by atoms with E-state index in [-0.39, 0.29) is 0 Å². The lowest BCUT2D eigenvalue weighted by molar-refractivity contribution is 0.768. The topological polar surface area (TPSA) is 43.6 Å². The van der Waals surface area contributed by atoms with Gasteiger partial charge in [0, 0.05) is 18.8 Å². The minimum Gasteiger partial charge on any atom is -0.275 e. The van der Waals surface area contributed by atoms with E-state index in [4.69, 9.17) is 0 Å². The minimum atomic E-state index is 0.922. The Morgan fingerprint density at radius 2 is 1.80 bits per heavy atom. The van der Waals surface area contributed by atoms with Crippen molar-refractivity contribution >= 4 is 0 Å². The SMILES string of the molecule is Cc1nnc(-c2cnn(C)c2)c(C)c1C. The molecule has 78 valence electrons. The lowest BCUT2D eigenvalue weighted by atomic mass is 10.1. The maximum atomic E-state index is 4.22. The summed E-state index contributed by atoms with van der Waals surface area (Å²) in [4.78, 5) is 0. The molecule has 0 fully saturated rings. The van der Waals surface area contributed by atoms with Crippen LogP contribution in [-0.4, -0.2) is 20.0 Å². The molecule has 0 aliphatic carbocycles. The normalized spacial score (nSPS) is 10.7. The van der Waals surface area contributed by atoms with Crippen LogP contribution in [0, 0.1) is 20.8 Å². The summed E-state index contributed by atoms with van der Waals surface area (Å²) in [5, 5.41) is 12.5. The monoisotopic (exact) mass is 202 g/mol. The largest absolute Gasteiger partial charge is 0.275 e. The first kappa shape index (κ1) is 9.83.